The van der Waals surface area contributed by atoms with Gasteiger partial charge in [-0.25, -0.2) is 17.4 Å². The number of hydrogen-bond acceptors (Lipinski definition) is 6. The average molecular weight is 480 g/mol. The Labute approximate surface area is 187 Å². The Bertz CT molecular complexity index is 1220. The van der Waals surface area contributed by atoms with Crippen LogP contribution in [0, 0.1) is 0 Å². The van der Waals surface area contributed by atoms with Gasteiger partial charge in [-0.05, 0) is 55.5 Å². The van der Waals surface area contributed by atoms with Gasteiger partial charge in [-0.2, -0.15) is 12.7 Å². The van der Waals surface area contributed by atoms with Crippen molar-refractivity contribution in [2.75, 3.05) is 17.4 Å². The van der Waals surface area contributed by atoms with Crippen LogP contribution in [-0.4, -0.2) is 51.3 Å². The third-order valence-electron chi connectivity index (χ3n) is 5.82. The fourth-order valence-corrected chi connectivity index (χ4v) is 7.14. The Morgan fingerprint density at radius 1 is 1.09 bits per heavy atom. The second-order valence-corrected chi connectivity index (χ2v) is 11.5. The minimum absolute atomic E-state index is 0.0260. The lowest BCUT2D eigenvalue weighted by Crippen LogP contribution is -2.43. The molecule has 0 saturated carbocycles. The van der Waals surface area contributed by atoms with Crippen LogP contribution < -0.4 is 9.03 Å². The Kier molecular flexibility index (Phi) is 6.15. The normalized spacial score (nSPS) is 21.4. The quantitative estimate of drug-likeness (QED) is 0.651. The highest BCUT2D eigenvalue weighted by Crippen LogP contribution is 2.33. The summed E-state index contributed by atoms with van der Waals surface area (Å²) in [5.41, 5.74) is 0.780. The van der Waals surface area contributed by atoms with E-state index in [0.29, 0.717) is 19.4 Å². The molecule has 0 aliphatic carbocycles. The van der Waals surface area contributed by atoms with Gasteiger partial charge in [-0.1, -0.05) is 30.7 Å². The highest BCUT2D eigenvalue weighted by Gasteiger charge is 2.36. The molecule has 0 spiro atoms. The molecule has 2 aliphatic rings. The number of hydrogen-bond donors (Lipinski definition) is 2. The number of rotatable bonds is 6. The highest BCUT2D eigenvalue weighted by atomic mass is 32.2. The number of phenols is 1. The van der Waals surface area contributed by atoms with Gasteiger partial charge >= 0.3 is 10.2 Å². The molecule has 11 heteroatoms. The third kappa shape index (κ3) is 4.45. The molecule has 1 atom stereocenters. The van der Waals surface area contributed by atoms with Crippen LogP contribution in [0.4, 0.5) is 5.69 Å². The molecule has 2 heterocycles. The molecule has 2 aromatic carbocycles. The molecule has 0 aromatic heterocycles. The summed E-state index contributed by atoms with van der Waals surface area (Å²) >= 11 is 0. The maximum Gasteiger partial charge on any atom is 0.326 e. The van der Waals surface area contributed by atoms with Gasteiger partial charge in [0.2, 0.25) is 10.0 Å². The fraction of sp³-hybridized carbons (Fsp3) is 0.381. The first kappa shape index (κ1) is 22.6. The zero-order valence-electron chi connectivity index (χ0n) is 17.3. The summed E-state index contributed by atoms with van der Waals surface area (Å²) < 4.78 is 54.6. The lowest BCUT2D eigenvalue weighted by atomic mass is 9.97. The SMILES string of the molecule is O=C1CN(c2ccc(CC[C@H]3CCCCN3S(=O)(=O)c3ccccc3)cc2O)S(=O)(=O)N1. The average Bonchev–Trinajstić information content (AvgIpc) is 3.04. The molecule has 32 heavy (non-hydrogen) atoms. The third-order valence-corrected chi connectivity index (χ3v) is 9.18. The largest absolute Gasteiger partial charge is 0.506 e. The molecule has 0 bridgehead atoms. The maximum atomic E-state index is 13.1. The highest BCUT2D eigenvalue weighted by molar-refractivity contribution is 7.92. The van der Waals surface area contributed by atoms with Gasteiger partial charge in [0.25, 0.3) is 5.91 Å². The van der Waals surface area contributed by atoms with E-state index in [1.54, 1.807) is 40.7 Å². The number of phenolic OH excluding ortho intramolecular Hbond substituents is 1. The number of piperidine rings is 1. The van der Waals surface area contributed by atoms with Gasteiger partial charge in [0.05, 0.1) is 10.6 Å². The van der Waals surface area contributed by atoms with Crippen LogP contribution in [0.15, 0.2) is 53.4 Å². The van der Waals surface area contributed by atoms with Crippen LogP contribution >= 0.6 is 0 Å². The van der Waals surface area contributed by atoms with Crippen molar-refractivity contribution < 1.29 is 26.7 Å². The number of benzene rings is 2. The smallest absolute Gasteiger partial charge is 0.326 e. The molecule has 9 nitrogen and oxygen atoms in total. The maximum absolute atomic E-state index is 13.1. The number of aromatic hydroxyl groups is 1. The molecule has 0 radical (unpaired) electrons. The summed E-state index contributed by atoms with van der Waals surface area (Å²) in [7, 11) is -7.59. The number of amides is 1. The van der Waals surface area contributed by atoms with Crippen LogP contribution in [0.5, 0.6) is 5.75 Å². The Morgan fingerprint density at radius 2 is 1.84 bits per heavy atom. The molecular formula is C21H25N3O6S2. The van der Waals surface area contributed by atoms with E-state index in [-0.39, 0.29) is 28.9 Å². The predicted molar refractivity (Wildman–Crippen MR) is 119 cm³/mol. The minimum Gasteiger partial charge on any atom is -0.506 e. The Morgan fingerprint density at radius 3 is 2.50 bits per heavy atom. The van der Waals surface area contributed by atoms with Crippen molar-refractivity contribution in [2.24, 2.45) is 0 Å². The molecule has 2 aromatic rings. The first-order chi connectivity index (χ1) is 15.2. The van der Waals surface area contributed by atoms with Crippen LogP contribution in [0.3, 0.4) is 0 Å². The first-order valence-corrected chi connectivity index (χ1v) is 13.3. The summed E-state index contributed by atoms with van der Waals surface area (Å²) in [4.78, 5) is 11.7. The zero-order chi connectivity index (χ0) is 22.9. The molecule has 1 amide bonds. The molecule has 4 rings (SSSR count). The standard InChI is InChI=1S/C21H25N3O6S2/c25-20-14-16(10-12-19(20)24-15-21(26)22-32(24,29)30)9-11-17-6-4-5-13-23(17)31(27,28)18-7-2-1-3-8-18/h1-3,7-8,10,12,14,17,25H,4-6,9,11,13,15H2,(H,22,26)/t17-/m1/s1. The van der Waals surface area contributed by atoms with Crippen molar-refractivity contribution in [1.82, 2.24) is 9.03 Å². The Hall–Kier alpha value is -2.63. The first-order valence-electron chi connectivity index (χ1n) is 10.4. The number of nitrogens with one attached hydrogen (secondary N) is 1. The van der Waals surface area contributed by atoms with Crippen LogP contribution in [0.2, 0.25) is 0 Å². The zero-order valence-corrected chi connectivity index (χ0v) is 19.0. The van der Waals surface area contributed by atoms with E-state index in [0.717, 1.165) is 29.1 Å². The second-order valence-electron chi connectivity index (χ2n) is 7.98. The number of sulfonamides is 1. The number of carbonyl (C=O) groups is 1. The summed E-state index contributed by atoms with van der Waals surface area (Å²) in [6, 6.07) is 12.9. The second kappa shape index (κ2) is 8.72. The molecule has 2 N–H and O–H groups in total. The molecule has 2 fully saturated rings. The van der Waals surface area contributed by atoms with Gasteiger partial charge in [0.1, 0.15) is 12.3 Å². The number of aryl methyl sites for hydroxylation is 1. The van der Waals surface area contributed by atoms with Crippen LogP contribution in [0.25, 0.3) is 0 Å². The van der Waals surface area contributed by atoms with Gasteiger partial charge < -0.3 is 5.11 Å². The van der Waals surface area contributed by atoms with Gasteiger partial charge in [0, 0.05) is 12.6 Å². The van der Waals surface area contributed by atoms with Crippen molar-refractivity contribution in [1.29, 1.82) is 0 Å². The van der Waals surface area contributed by atoms with E-state index in [2.05, 4.69) is 0 Å². The van der Waals surface area contributed by atoms with E-state index < -0.39 is 26.1 Å². The molecule has 2 saturated heterocycles. The summed E-state index contributed by atoms with van der Waals surface area (Å²) in [6.45, 7) is 0.0869. The molecule has 172 valence electrons. The number of anilines is 1. The van der Waals surface area contributed by atoms with Crippen LogP contribution in [-0.2, 0) is 31.4 Å². The van der Waals surface area contributed by atoms with Gasteiger partial charge in [-0.3, -0.25) is 4.79 Å². The van der Waals surface area contributed by atoms with Crippen molar-refractivity contribution in [2.45, 2.75) is 43.0 Å². The van der Waals surface area contributed by atoms with Gasteiger partial charge in [0.15, 0.2) is 0 Å². The fourth-order valence-electron chi connectivity index (χ4n) is 4.24. The number of carbonyl (C=O) groups excluding carboxylic acids is 1. The lowest BCUT2D eigenvalue weighted by Gasteiger charge is -2.34. The van der Waals surface area contributed by atoms with Crippen LogP contribution in [0.1, 0.15) is 31.2 Å². The van der Waals surface area contributed by atoms with E-state index >= 15 is 0 Å². The minimum atomic E-state index is -4.00. The lowest BCUT2D eigenvalue weighted by molar-refractivity contribution is -0.117. The molecule has 2 aliphatic heterocycles. The molecule has 0 unspecified atom stereocenters. The van der Waals surface area contributed by atoms with E-state index in [1.165, 1.54) is 12.1 Å². The number of nitrogens with zero attached hydrogens (tertiary/aromatic N) is 2. The Balaban J connectivity index is 1.49. The van der Waals surface area contributed by atoms with E-state index in [9.17, 15) is 26.7 Å². The topological polar surface area (TPSA) is 124 Å². The summed E-state index contributed by atoms with van der Waals surface area (Å²) in [5, 5.41) is 10.4. The van der Waals surface area contributed by atoms with Crippen molar-refractivity contribution in [3.63, 3.8) is 0 Å². The van der Waals surface area contributed by atoms with E-state index in [1.807, 2.05) is 4.72 Å². The van der Waals surface area contributed by atoms with Crippen molar-refractivity contribution in [3.8, 4) is 5.75 Å². The monoisotopic (exact) mass is 479 g/mol. The van der Waals surface area contributed by atoms with Gasteiger partial charge in [-0.15, -0.1) is 0 Å². The van der Waals surface area contributed by atoms with Crippen molar-refractivity contribution in [3.05, 3.63) is 54.1 Å². The predicted octanol–water partition coefficient (Wildman–Crippen LogP) is 1.75. The van der Waals surface area contributed by atoms with Crippen molar-refractivity contribution >= 4 is 31.8 Å². The molecular weight excluding hydrogens is 454 g/mol. The summed E-state index contributed by atoms with van der Waals surface area (Å²) in [6.07, 6.45) is 3.62. The van der Waals surface area contributed by atoms with E-state index in [4.69, 9.17) is 0 Å². The summed E-state index contributed by atoms with van der Waals surface area (Å²) in [5.74, 6) is -0.912.